The summed E-state index contributed by atoms with van der Waals surface area (Å²) in [6.45, 7) is 10.6. The highest BCUT2D eigenvalue weighted by Crippen LogP contribution is 2.37. The minimum absolute atomic E-state index is 0.223. The Kier molecular flexibility index (Phi) is 5.12. The zero-order valence-electron chi connectivity index (χ0n) is 18.4. The maximum atomic E-state index is 13.8. The molecule has 3 aromatic heterocycles. The second kappa shape index (κ2) is 8.02. The number of halogens is 2. The third kappa shape index (κ3) is 3.50. The smallest absolute Gasteiger partial charge is 0.301 e. The van der Waals surface area contributed by atoms with Crippen LogP contribution in [0.25, 0.3) is 15.7 Å². The molecule has 1 aliphatic heterocycles. The standard InChI is InChI=1S/C24H20F2N6O2/c1-24(2,27-3)23-31-18(21(25)26)20(34-23)22(33)32-11-10-15-17(29-12-28-15)19(32)16-9-8-13-6-4-5-7-14(13)30-16/h4-9,12,19,21H,10-11H2,1-2H3,(H,28,29)/t19-/m1/s1. The summed E-state index contributed by atoms with van der Waals surface area (Å²) >= 11 is 0. The number of aromatic nitrogens is 4. The molecule has 1 atom stereocenters. The van der Waals surface area contributed by atoms with Crippen molar-refractivity contribution in [2.75, 3.05) is 6.54 Å². The molecule has 0 radical (unpaired) electrons. The Bertz CT molecular complexity index is 1430. The number of benzene rings is 1. The topological polar surface area (TPSA) is 92.3 Å². The Balaban J connectivity index is 1.62. The molecule has 1 N–H and O–H groups in total. The molecule has 4 heterocycles. The lowest BCUT2D eigenvalue weighted by Gasteiger charge is -2.34. The SMILES string of the molecule is [C-]#[N+]C(C)(C)c1nc(C(F)F)c(C(=O)N2CCc3[nH]cnc3[C@H]2c2ccc3ccccc3n2)o1. The van der Waals surface area contributed by atoms with Gasteiger partial charge in [-0.2, -0.15) is 0 Å². The number of hydrogen-bond donors (Lipinski definition) is 1. The summed E-state index contributed by atoms with van der Waals surface area (Å²) in [5, 5.41) is 0.934. The lowest BCUT2D eigenvalue weighted by Crippen LogP contribution is -2.41. The van der Waals surface area contributed by atoms with Crippen LogP contribution in [-0.2, 0) is 12.0 Å². The van der Waals surface area contributed by atoms with Crippen LogP contribution >= 0.6 is 0 Å². The first-order valence-electron chi connectivity index (χ1n) is 10.7. The van der Waals surface area contributed by atoms with Crippen LogP contribution in [0.3, 0.4) is 0 Å². The minimum atomic E-state index is -3.04. The molecule has 0 bridgehead atoms. The number of hydrogen-bond acceptors (Lipinski definition) is 5. The number of fused-ring (bicyclic) bond motifs is 2. The lowest BCUT2D eigenvalue weighted by atomic mass is 9.98. The van der Waals surface area contributed by atoms with Crippen molar-refractivity contribution in [3.8, 4) is 0 Å². The van der Waals surface area contributed by atoms with E-state index in [4.69, 9.17) is 16.0 Å². The van der Waals surface area contributed by atoms with Crippen LogP contribution in [-0.4, -0.2) is 37.3 Å². The molecule has 0 spiro atoms. The van der Waals surface area contributed by atoms with Crippen LogP contribution in [0.1, 0.15) is 65.5 Å². The number of amides is 1. The van der Waals surface area contributed by atoms with E-state index < -0.39 is 35.4 Å². The molecule has 8 nitrogen and oxygen atoms in total. The predicted molar refractivity (Wildman–Crippen MR) is 118 cm³/mol. The molecule has 0 saturated heterocycles. The third-order valence-corrected chi connectivity index (χ3v) is 5.94. The van der Waals surface area contributed by atoms with Gasteiger partial charge < -0.3 is 19.1 Å². The largest absolute Gasteiger partial charge is 0.428 e. The van der Waals surface area contributed by atoms with Crippen LogP contribution < -0.4 is 0 Å². The van der Waals surface area contributed by atoms with Crippen molar-refractivity contribution in [1.82, 2.24) is 24.8 Å². The molecule has 1 amide bonds. The van der Waals surface area contributed by atoms with Crippen molar-refractivity contribution in [2.45, 2.75) is 38.3 Å². The zero-order chi connectivity index (χ0) is 24.0. The Morgan fingerprint density at radius 1 is 1.26 bits per heavy atom. The predicted octanol–water partition coefficient (Wildman–Crippen LogP) is 4.83. The number of carbonyl (C=O) groups excluding carboxylic acids is 1. The van der Waals surface area contributed by atoms with Crippen molar-refractivity contribution >= 4 is 16.8 Å². The summed E-state index contributed by atoms with van der Waals surface area (Å²) in [7, 11) is 0. The highest BCUT2D eigenvalue weighted by molar-refractivity contribution is 5.93. The maximum absolute atomic E-state index is 13.8. The van der Waals surface area contributed by atoms with Gasteiger partial charge in [-0.3, -0.25) is 9.78 Å². The second-order valence-corrected chi connectivity index (χ2v) is 8.55. The van der Waals surface area contributed by atoms with Crippen molar-refractivity contribution in [2.24, 2.45) is 0 Å². The second-order valence-electron chi connectivity index (χ2n) is 8.55. The van der Waals surface area contributed by atoms with E-state index >= 15 is 0 Å². The monoisotopic (exact) mass is 462 g/mol. The number of aromatic amines is 1. The van der Waals surface area contributed by atoms with Crippen LogP contribution in [0.2, 0.25) is 0 Å². The van der Waals surface area contributed by atoms with Gasteiger partial charge in [-0.15, -0.1) is 0 Å². The molecule has 172 valence electrons. The van der Waals surface area contributed by atoms with Crippen LogP contribution in [0.15, 0.2) is 47.1 Å². The summed E-state index contributed by atoms with van der Waals surface area (Å²) in [4.78, 5) is 34.5. The number of para-hydroxylation sites is 1. The van der Waals surface area contributed by atoms with Gasteiger partial charge in [0.05, 0.1) is 23.2 Å². The van der Waals surface area contributed by atoms with Gasteiger partial charge in [-0.05, 0) is 12.1 Å². The van der Waals surface area contributed by atoms with Crippen molar-refractivity contribution in [3.05, 3.63) is 88.6 Å². The van der Waals surface area contributed by atoms with E-state index in [1.807, 2.05) is 30.3 Å². The van der Waals surface area contributed by atoms with Crippen LogP contribution in [0.5, 0.6) is 0 Å². The minimum Gasteiger partial charge on any atom is -0.428 e. The fourth-order valence-corrected chi connectivity index (χ4v) is 4.10. The number of carbonyl (C=O) groups is 1. The van der Waals surface area contributed by atoms with Gasteiger partial charge in [-0.25, -0.2) is 25.3 Å². The van der Waals surface area contributed by atoms with Gasteiger partial charge in [0, 0.05) is 37.9 Å². The molecule has 0 unspecified atom stereocenters. The molecule has 0 fully saturated rings. The number of alkyl halides is 2. The third-order valence-electron chi connectivity index (χ3n) is 5.94. The van der Waals surface area contributed by atoms with Crippen LogP contribution in [0, 0.1) is 6.57 Å². The summed E-state index contributed by atoms with van der Waals surface area (Å²) in [6, 6.07) is 10.6. The molecule has 4 aromatic rings. The summed E-state index contributed by atoms with van der Waals surface area (Å²) in [6.07, 6.45) is -1.04. The first-order chi connectivity index (χ1) is 16.3. The van der Waals surface area contributed by atoms with Crippen molar-refractivity contribution in [1.29, 1.82) is 0 Å². The quantitative estimate of drug-likeness (QED) is 0.439. The average molecular weight is 462 g/mol. The van der Waals surface area contributed by atoms with Gasteiger partial charge in [0.2, 0.25) is 5.76 Å². The van der Waals surface area contributed by atoms with Gasteiger partial charge in [0.1, 0.15) is 6.04 Å². The number of nitrogens with zero attached hydrogens (tertiary/aromatic N) is 5. The molecule has 1 aliphatic rings. The van der Waals surface area contributed by atoms with E-state index in [0.29, 0.717) is 17.8 Å². The summed E-state index contributed by atoms with van der Waals surface area (Å²) in [5.41, 5.74) is 0.685. The summed E-state index contributed by atoms with van der Waals surface area (Å²) < 4.78 is 33.2. The average Bonchev–Trinajstić information content (AvgIpc) is 3.50. The highest BCUT2D eigenvalue weighted by Gasteiger charge is 2.42. The number of nitrogens with one attached hydrogen (secondary N) is 1. The van der Waals surface area contributed by atoms with Gasteiger partial charge >= 0.3 is 5.54 Å². The van der Waals surface area contributed by atoms with E-state index in [0.717, 1.165) is 16.6 Å². The van der Waals surface area contributed by atoms with Crippen molar-refractivity contribution < 1.29 is 18.0 Å². The number of H-pyrrole nitrogens is 1. The zero-order valence-corrected chi connectivity index (χ0v) is 18.4. The Morgan fingerprint density at radius 2 is 2.06 bits per heavy atom. The molecular weight excluding hydrogens is 442 g/mol. The lowest BCUT2D eigenvalue weighted by molar-refractivity contribution is 0.0636. The molecular formula is C24H20F2N6O2. The highest BCUT2D eigenvalue weighted by atomic mass is 19.3. The number of imidazole rings is 1. The van der Waals surface area contributed by atoms with Gasteiger partial charge in [0.15, 0.2) is 5.69 Å². The Morgan fingerprint density at radius 3 is 2.82 bits per heavy atom. The Hall–Kier alpha value is -4.13. The van der Waals surface area contributed by atoms with E-state index in [9.17, 15) is 13.6 Å². The Labute approximate surface area is 193 Å². The molecule has 1 aromatic carbocycles. The van der Waals surface area contributed by atoms with E-state index in [1.54, 1.807) is 12.4 Å². The fourth-order valence-electron chi connectivity index (χ4n) is 4.10. The van der Waals surface area contributed by atoms with Gasteiger partial charge in [-0.1, -0.05) is 24.3 Å². The number of pyridine rings is 1. The number of rotatable bonds is 4. The maximum Gasteiger partial charge on any atom is 0.301 e. The van der Waals surface area contributed by atoms with E-state index in [1.165, 1.54) is 18.7 Å². The fraction of sp³-hybridized carbons (Fsp3) is 0.292. The normalized spacial score (nSPS) is 16.0. The molecule has 10 heteroatoms. The molecule has 34 heavy (non-hydrogen) atoms. The van der Waals surface area contributed by atoms with E-state index in [-0.39, 0.29) is 12.4 Å². The first kappa shape index (κ1) is 21.7. The van der Waals surface area contributed by atoms with Gasteiger partial charge in [0.25, 0.3) is 18.2 Å². The first-order valence-corrected chi connectivity index (χ1v) is 10.7. The molecule has 0 saturated carbocycles. The number of oxazole rings is 1. The summed E-state index contributed by atoms with van der Waals surface area (Å²) in [5.74, 6) is -1.53. The van der Waals surface area contributed by atoms with Crippen molar-refractivity contribution in [3.63, 3.8) is 0 Å². The molecule has 5 rings (SSSR count). The molecule has 0 aliphatic carbocycles. The van der Waals surface area contributed by atoms with Crippen LogP contribution in [0.4, 0.5) is 8.78 Å². The van der Waals surface area contributed by atoms with E-state index in [2.05, 4.69) is 19.8 Å².